The highest BCUT2D eigenvalue weighted by atomic mass is 127. The summed E-state index contributed by atoms with van der Waals surface area (Å²) >= 11 is 6.95. The lowest BCUT2D eigenvalue weighted by Crippen LogP contribution is -2.56. The Bertz CT molecular complexity index is 5430. The van der Waals surface area contributed by atoms with E-state index in [4.69, 9.17) is 9.47 Å². The molecule has 0 N–H and O–H groups in total. The molecular weight excluding hydrogens is 1740 g/mol. The number of anilines is 6. The summed E-state index contributed by atoms with van der Waals surface area (Å²) in [6.45, 7) is 61.3. The Morgan fingerprint density at radius 3 is 1.47 bits per heavy atom. The zero-order valence-electron chi connectivity index (χ0n) is 73.7. The van der Waals surface area contributed by atoms with Crippen LogP contribution in [0.2, 0.25) is 0 Å². The third-order valence-corrected chi connectivity index (χ3v) is 28.3. The summed E-state index contributed by atoms with van der Waals surface area (Å²) in [4.78, 5) is 5.17. The summed E-state index contributed by atoms with van der Waals surface area (Å²) in [5.74, 6) is 0.0739. The summed E-state index contributed by atoms with van der Waals surface area (Å²) in [5, 5.41) is 0. The quantitative estimate of drug-likeness (QED) is 0.101. The molecule has 0 saturated carbocycles. The van der Waals surface area contributed by atoms with Crippen molar-refractivity contribution in [3.63, 3.8) is 0 Å². The zero-order valence-corrected chi connectivity index (χ0v) is 80.2. The van der Waals surface area contributed by atoms with E-state index in [1.807, 2.05) is 0 Å². The Labute approximate surface area is 733 Å². The van der Waals surface area contributed by atoms with Crippen molar-refractivity contribution < 1.29 is 9.47 Å². The number of ether oxygens (including phenoxy) is 2. The fraction of sp³-hybridized carbons (Fsp3) is 0.396. The average Bonchev–Trinajstić information content (AvgIpc) is 1.59. The van der Waals surface area contributed by atoms with Gasteiger partial charge in [0.05, 0.1) is 11.9 Å². The summed E-state index contributed by atoms with van der Waals surface area (Å²) in [6, 6.07) is 78.7. The van der Waals surface area contributed by atoms with E-state index in [0.29, 0.717) is 0 Å². The number of hydrogen-bond acceptors (Lipinski definition) is 4. The number of benzene rings is 10. The molecule has 596 valence electrons. The lowest BCUT2D eigenvalue weighted by atomic mass is 9.32. The van der Waals surface area contributed by atoms with Crippen molar-refractivity contribution in [2.75, 3.05) is 9.80 Å². The first-order valence-electron chi connectivity index (χ1n) is 42.1. The second kappa shape index (κ2) is 30.5. The van der Waals surface area contributed by atoms with Crippen LogP contribution in [0.15, 0.2) is 229 Å². The highest BCUT2D eigenvalue weighted by molar-refractivity contribution is 14.4. The molecule has 0 spiro atoms. The number of aryl methyl sites for hydroxylation is 2. The zero-order chi connectivity index (χ0) is 83.2. The average molecular weight is 1860 g/mol. The van der Waals surface area contributed by atoms with Crippen LogP contribution in [0.1, 0.15) is 268 Å². The highest BCUT2D eigenvalue weighted by Crippen LogP contribution is 2.61. The van der Waals surface area contributed by atoms with Crippen LogP contribution in [0.4, 0.5) is 34.1 Å². The van der Waals surface area contributed by atoms with E-state index in [0.717, 1.165) is 5.94 Å². The van der Waals surface area contributed by atoms with E-state index in [1.54, 1.807) is 0 Å². The minimum absolute atomic E-state index is 0.00153. The van der Waals surface area contributed by atoms with Gasteiger partial charge in [0.15, 0.2) is 0 Å². The van der Waals surface area contributed by atoms with Crippen LogP contribution >= 0.6 is 67.1 Å². The molecular formula is C106H123B2I3N2O2. The maximum absolute atomic E-state index is 7.43. The van der Waals surface area contributed by atoms with Gasteiger partial charge in [0.25, 0.3) is 6.71 Å². The minimum atomic E-state index is -0.385. The summed E-state index contributed by atoms with van der Waals surface area (Å²) < 4.78 is 14.7. The van der Waals surface area contributed by atoms with E-state index in [2.05, 4.69) is 469 Å². The number of nitrogens with zero attached hydrogens (tertiary/aromatic N) is 2. The van der Waals surface area contributed by atoms with Crippen LogP contribution in [-0.2, 0) is 42.0 Å². The Morgan fingerprint density at radius 1 is 0.452 bits per heavy atom. The number of halogens is 3. The van der Waals surface area contributed by atoms with Crippen molar-refractivity contribution in [1.29, 1.82) is 0 Å². The van der Waals surface area contributed by atoms with Gasteiger partial charge in [0, 0.05) is 56.8 Å². The second-order valence-electron chi connectivity index (χ2n) is 41.0. The van der Waals surface area contributed by atoms with Crippen LogP contribution in [0, 0.1) is 38.5 Å². The van der Waals surface area contributed by atoms with Gasteiger partial charge in [-0.05, 0) is 284 Å². The van der Waals surface area contributed by atoms with Crippen molar-refractivity contribution in [1.82, 2.24) is 0 Å². The van der Waals surface area contributed by atoms with Gasteiger partial charge in [-0.1, -0.05) is 282 Å². The van der Waals surface area contributed by atoms with Crippen LogP contribution in [0.3, 0.4) is 0 Å². The molecule has 0 aromatic heterocycles. The highest BCUT2D eigenvalue weighted by Gasteiger charge is 2.59. The molecule has 0 radical (unpaired) electrons. The van der Waals surface area contributed by atoms with E-state index in [1.165, 1.54) is 182 Å². The van der Waals surface area contributed by atoms with E-state index in [-0.39, 0.29) is 73.1 Å². The van der Waals surface area contributed by atoms with Crippen LogP contribution in [0.25, 0.3) is 22.3 Å². The Hall–Kier alpha value is -6.80. The maximum atomic E-state index is 7.43. The fourth-order valence-corrected chi connectivity index (χ4v) is 20.1. The van der Waals surface area contributed by atoms with Gasteiger partial charge in [-0.25, -0.2) is 0 Å². The van der Waals surface area contributed by atoms with Crippen molar-refractivity contribution in [3.05, 3.63) is 307 Å². The molecule has 115 heavy (non-hydrogen) atoms. The molecule has 0 bridgehead atoms. The first-order chi connectivity index (χ1) is 53.7. The molecule has 4 aliphatic heterocycles. The SMILES string of the molecule is Cc1cc(C(C2=COC(C)(C)C2(C)C)c2ccc(-c3ccccc3)cc2)cc(N(c2ccc(C(C)(C)C)cc2)c2ccc3c(c2C)C(C)(C)CCC3(C)C)c1.Cc1cc2c3c(c1)N(c1ccc4c(c1C)C(C)(C)CCC4(C)C)c1ccc(C(C)(C)C)cc1B3C1=C(C2c2ccc(-c3ccccc3)cc2)C(C)(C)C(C)(C)O1.IB(I)I. The smallest absolute Gasteiger partial charge is 0.355 e. The molecule has 0 saturated heterocycles. The molecule has 6 aliphatic rings. The van der Waals surface area contributed by atoms with Crippen LogP contribution in [-0.4, -0.2) is 18.2 Å². The topological polar surface area (TPSA) is 24.9 Å². The van der Waals surface area contributed by atoms with E-state index >= 15 is 0 Å². The first kappa shape index (κ1) is 84.6. The molecule has 9 heteroatoms. The molecule has 0 fully saturated rings. The van der Waals surface area contributed by atoms with Crippen molar-refractivity contribution in [2.45, 2.75) is 261 Å². The summed E-state index contributed by atoms with van der Waals surface area (Å²) in [6.07, 6.45) is 6.85. The number of fused-ring (bicyclic) bond motifs is 5. The molecule has 2 atom stereocenters. The first-order valence-corrected chi connectivity index (χ1v) is 45.9. The summed E-state index contributed by atoms with van der Waals surface area (Å²) in [7, 11) is 0. The predicted molar refractivity (Wildman–Crippen MR) is 522 cm³/mol. The standard InChI is InChI=1S/C53H60BNO.C53H63NO.BI3/c1-32-29-38-44(36-21-19-35(20-22-36)34-17-15-14-16-18-34)46-48(56-53(12,13)52(46,10)11)54-40-31-37(49(3,4)5)23-25-42(40)55(43(30-32)47(38)54)41-26-24-39-45(33(41)2)51(8,9)28-27-50(39,6)7;1-35-31-40(47(45-34-55-53(12,13)52(45,10)11)39-21-19-38(20-22-39)37-17-15-14-16-18-37)33-43(32-35)54(42-25-23-41(24-26-42)49(3,4)5)46-28-27-44-48(36(46)2)51(8,9)30-29-50(44,6)7;2-1(3)4/h14-26,29-31,44H,27-28H2,1-13H3;14-28,31-34,47H,29-30H2,1-13H3;. The lowest BCUT2D eigenvalue weighted by Gasteiger charge is -2.46. The van der Waals surface area contributed by atoms with Crippen molar-refractivity contribution in [2.24, 2.45) is 10.8 Å². The van der Waals surface area contributed by atoms with Gasteiger partial charge in [0.1, 0.15) is 11.2 Å². The number of rotatable bonds is 10. The molecule has 10 aromatic rings. The van der Waals surface area contributed by atoms with Gasteiger partial charge in [0.2, 0.25) is 0 Å². The number of hydrogen-bond donors (Lipinski definition) is 0. The maximum Gasteiger partial charge on any atom is 0.355 e. The molecule has 4 nitrogen and oxygen atoms in total. The second-order valence-corrected chi connectivity index (χ2v) is 51.9. The molecule has 10 aromatic carbocycles. The monoisotopic (exact) mass is 1860 g/mol. The van der Waals surface area contributed by atoms with E-state index in [9.17, 15) is 0 Å². The van der Waals surface area contributed by atoms with Crippen molar-refractivity contribution >= 4 is 119 Å². The van der Waals surface area contributed by atoms with Gasteiger partial charge >= 0.3 is 0.282 Å². The fourth-order valence-electron chi connectivity index (χ4n) is 20.1. The molecule has 2 aliphatic carbocycles. The van der Waals surface area contributed by atoms with Crippen LogP contribution < -0.4 is 20.7 Å². The van der Waals surface area contributed by atoms with Gasteiger partial charge in [-0.15, -0.1) is 67.1 Å². The van der Waals surface area contributed by atoms with E-state index < -0.39 is 0 Å². The third kappa shape index (κ3) is 15.4. The Balaban J connectivity index is 0.000000182. The normalized spacial score (nSPS) is 19.2. The van der Waals surface area contributed by atoms with Gasteiger partial charge < -0.3 is 19.3 Å². The molecule has 0 amide bonds. The molecule has 4 heterocycles. The van der Waals surface area contributed by atoms with Crippen LogP contribution in [0.5, 0.6) is 0 Å². The predicted octanol–water partition coefficient (Wildman–Crippen LogP) is 30.0. The lowest BCUT2D eigenvalue weighted by molar-refractivity contribution is -0.00113. The molecule has 2 unspecified atom stereocenters. The minimum Gasteiger partial charge on any atom is -0.500 e. The Kier molecular flexibility index (Phi) is 22.4. The van der Waals surface area contributed by atoms with Gasteiger partial charge in [-0.2, -0.15) is 0 Å². The third-order valence-electron chi connectivity index (χ3n) is 28.3. The summed E-state index contributed by atoms with van der Waals surface area (Å²) in [5.41, 5.74) is 37.8. The Morgan fingerprint density at radius 2 is 0.939 bits per heavy atom. The van der Waals surface area contributed by atoms with Crippen molar-refractivity contribution in [3.8, 4) is 22.3 Å². The largest absolute Gasteiger partial charge is 0.500 e. The molecule has 16 rings (SSSR count). The van der Waals surface area contributed by atoms with Gasteiger partial charge in [-0.3, -0.25) is 0 Å².